The zero-order valence-electron chi connectivity index (χ0n) is 10.3. The SMILES string of the molecule is CCN(CC)CCN[C@H]1CCCC[C@@H]1N. The van der Waals surface area contributed by atoms with Gasteiger partial charge >= 0.3 is 0 Å². The van der Waals surface area contributed by atoms with E-state index in [0.717, 1.165) is 26.2 Å². The molecule has 1 aliphatic carbocycles. The molecule has 0 amide bonds. The fourth-order valence-corrected chi connectivity index (χ4v) is 2.36. The van der Waals surface area contributed by atoms with E-state index in [2.05, 4.69) is 24.1 Å². The van der Waals surface area contributed by atoms with Gasteiger partial charge in [-0.05, 0) is 25.9 Å². The zero-order valence-corrected chi connectivity index (χ0v) is 10.3. The van der Waals surface area contributed by atoms with Gasteiger partial charge in [0.15, 0.2) is 0 Å². The summed E-state index contributed by atoms with van der Waals surface area (Å²) in [6.45, 7) is 8.96. The van der Waals surface area contributed by atoms with E-state index in [1.54, 1.807) is 0 Å². The van der Waals surface area contributed by atoms with Gasteiger partial charge in [-0.3, -0.25) is 0 Å². The highest BCUT2D eigenvalue weighted by Gasteiger charge is 2.20. The molecule has 3 heteroatoms. The van der Waals surface area contributed by atoms with Crippen molar-refractivity contribution in [1.29, 1.82) is 0 Å². The highest BCUT2D eigenvalue weighted by atomic mass is 15.1. The Labute approximate surface area is 94.4 Å². The molecule has 0 unspecified atom stereocenters. The van der Waals surface area contributed by atoms with Crippen LogP contribution in [-0.2, 0) is 0 Å². The summed E-state index contributed by atoms with van der Waals surface area (Å²) in [5.74, 6) is 0. The molecule has 0 aliphatic heterocycles. The number of rotatable bonds is 6. The zero-order chi connectivity index (χ0) is 11.1. The van der Waals surface area contributed by atoms with Crippen LogP contribution in [0, 0.1) is 0 Å². The maximum Gasteiger partial charge on any atom is 0.0219 e. The molecule has 0 aromatic heterocycles. The van der Waals surface area contributed by atoms with Crippen molar-refractivity contribution in [2.75, 3.05) is 26.2 Å². The van der Waals surface area contributed by atoms with E-state index in [4.69, 9.17) is 5.73 Å². The first kappa shape index (κ1) is 12.9. The molecule has 1 rings (SSSR count). The summed E-state index contributed by atoms with van der Waals surface area (Å²) in [6.07, 6.45) is 5.12. The van der Waals surface area contributed by atoms with Gasteiger partial charge in [0.2, 0.25) is 0 Å². The monoisotopic (exact) mass is 213 g/mol. The third-order valence-electron chi connectivity index (χ3n) is 3.55. The lowest BCUT2D eigenvalue weighted by molar-refractivity contribution is 0.274. The topological polar surface area (TPSA) is 41.3 Å². The third kappa shape index (κ3) is 4.49. The lowest BCUT2D eigenvalue weighted by Gasteiger charge is -2.30. The van der Waals surface area contributed by atoms with E-state index in [1.807, 2.05) is 0 Å². The van der Waals surface area contributed by atoms with Crippen LogP contribution in [0.3, 0.4) is 0 Å². The van der Waals surface area contributed by atoms with E-state index < -0.39 is 0 Å². The van der Waals surface area contributed by atoms with Crippen molar-refractivity contribution in [2.24, 2.45) is 5.73 Å². The molecule has 15 heavy (non-hydrogen) atoms. The molecule has 0 saturated heterocycles. The lowest BCUT2D eigenvalue weighted by atomic mass is 9.91. The fourth-order valence-electron chi connectivity index (χ4n) is 2.36. The Morgan fingerprint density at radius 3 is 2.47 bits per heavy atom. The molecule has 1 aliphatic rings. The minimum atomic E-state index is 0.385. The van der Waals surface area contributed by atoms with Crippen LogP contribution in [0.25, 0.3) is 0 Å². The minimum Gasteiger partial charge on any atom is -0.326 e. The average molecular weight is 213 g/mol. The van der Waals surface area contributed by atoms with E-state index in [9.17, 15) is 0 Å². The number of hydrogen-bond donors (Lipinski definition) is 2. The van der Waals surface area contributed by atoms with Crippen LogP contribution >= 0.6 is 0 Å². The molecule has 0 aromatic carbocycles. The van der Waals surface area contributed by atoms with Gasteiger partial charge in [-0.25, -0.2) is 0 Å². The van der Waals surface area contributed by atoms with Crippen LogP contribution in [0.15, 0.2) is 0 Å². The maximum absolute atomic E-state index is 6.08. The van der Waals surface area contributed by atoms with Crippen molar-refractivity contribution in [3.05, 3.63) is 0 Å². The molecule has 0 spiro atoms. The molecule has 0 heterocycles. The Bertz CT molecular complexity index is 157. The predicted octanol–water partition coefficient (Wildman–Crippen LogP) is 1.19. The normalized spacial score (nSPS) is 27.2. The number of nitrogens with one attached hydrogen (secondary N) is 1. The molecule has 2 atom stereocenters. The Hall–Kier alpha value is -0.120. The van der Waals surface area contributed by atoms with Crippen molar-refractivity contribution >= 4 is 0 Å². The largest absolute Gasteiger partial charge is 0.326 e. The highest BCUT2D eigenvalue weighted by Crippen LogP contribution is 2.16. The van der Waals surface area contributed by atoms with E-state index in [1.165, 1.54) is 25.7 Å². The lowest BCUT2D eigenvalue weighted by Crippen LogP contribution is -2.49. The van der Waals surface area contributed by atoms with Crippen LogP contribution < -0.4 is 11.1 Å². The van der Waals surface area contributed by atoms with Gasteiger partial charge in [0.25, 0.3) is 0 Å². The van der Waals surface area contributed by atoms with Crippen LogP contribution in [0.4, 0.5) is 0 Å². The second kappa shape index (κ2) is 7.20. The highest BCUT2D eigenvalue weighted by molar-refractivity contribution is 4.83. The second-order valence-corrected chi connectivity index (χ2v) is 4.54. The second-order valence-electron chi connectivity index (χ2n) is 4.54. The Balaban J connectivity index is 2.12. The predicted molar refractivity (Wildman–Crippen MR) is 66.0 cm³/mol. The minimum absolute atomic E-state index is 0.385. The van der Waals surface area contributed by atoms with E-state index in [-0.39, 0.29) is 0 Å². The number of likely N-dealkylation sites (N-methyl/N-ethyl adjacent to an activating group) is 1. The molecule has 3 N–H and O–H groups in total. The quantitative estimate of drug-likeness (QED) is 0.696. The Morgan fingerprint density at radius 1 is 1.20 bits per heavy atom. The molecule has 1 saturated carbocycles. The van der Waals surface area contributed by atoms with Crippen LogP contribution in [0.1, 0.15) is 39.5 Å². The van der Waals surface area contributed by atoms with Crippen LogP contribution in [0.2, 0.25) is 0 Å². The average Bonchev–Trinajstić information content (AvgIpc) is 2.27. The van der Waals surface area contributed by atoms with Gasteiger partial charge in [0.05, 0.1) is 0 Å². The van der Waals surface area contributed by atoms with Gasteiger partial charge in [0, 0.05) is 25.2 Å². The smallest absolute Gasteiger partial charge is 0.0219 e. The van der Waals surface area contributed by atoms with Crippen molar-refractivity contribution in [2.45, 2.75) is 51.6 Å². The Kier molecular flexibility index (Phi) is 6.22. The Morgan fingerprint density at radius 2 is 1.87 bits per heavy atom. The van der Waals surface area contributed by atoms with E-state index >= 15 is 0 Å². The number of nitrogens with zero attached hydrogens (tertiary/aromatic N) is 1. The molecule has 1 fully saturated rings. The standard InChI is InChI=1S/C12H27N3/c1-3-15(4-2)10-9-14-12-8-6-5-7-11(12)13/h11-12,14H,3-10,13H2,1-2H3/t11-,12-/m0/s1. The molecular weight excluding hydrogens is 186 g/mol. The van der Waals surface area contributed by atoms with Gasteiger partial charge in [-0.1, -0.05) is 26.7 Å². The third-order valence-corrected chi connectivity index (χ3v) is 3.55. The maximum atomic E-state index is 6.08. The van der Waals surface area contributed by atoms with Gasteiger partial charge in [-0.15, -0.1) is 0 Å². The fraction of sp³-hybridized carbons (Fsp3) is 1.00. The number of nitrogens with two attached hydrogens (primary N) is 1. The molecule has 0 radical (unpaired) electrons. The molecule has 0 aromatic rings. The van der Waals surface area contributed by atoms with Gasteiger partial charge in [-0.2, -0.15) is 0 Å². The van der Waals surface area contributed by atoms with Crippen molar-refractivity contribution in [3.63, 3.8) is 0 Å². The summed E-state index contributed by atoms with van der Waals surface area (Å²) < 4.78 is 0. The van der Waals surface area contributed by atoms with Crippen molar-refractivity contribution in [1.82, 2.24) is 10.2 Å². The van der Waals surface area contributed by atoms with Gasteiger partial charge in [0.1, 0.15) is 0 Å². The molecule has 90 valence electrons. The number of hydrogen-bond acceptors (Lipinski definition) is 3. The molecule has 3 nitrogen and oxygen atoms in total. The van der Waals surface area contributed by atoms with Crippen molar-refractivity contribution < 1.29 is 0 Å². The van der Waals surface area contributed by atoms with Crippen molar-refractivity contribution in [3.8, 4) is 0 Å². The summed E-state index contributed by atoms with van der Waals surface area (Å²) in [7, 11) is 0. The summed E-state index contributed by atoms with van der Waals surface area (Å²) in [5.41, 5.74) is 6.08. The van der Waals surface area contributed by atoms with E-state index in [0.29, 0.717) is 12.1 Å². The summed E-state index contributed by atoms with van der Waals surface area (Å²) in [6, 6.07) is 0.949. The summed E-state index contributed by atoms with van der Waals surface area (Å²) >= 11 is 0. The molecule has 0 bridgehead atoms. The first-order valence-electron chi connectivity index (χ1n) is 6.49. The molecular formula is C12H27N3. The first-order chi connectivity index (χ1) is 7.27. The summed E-state index contributed by atoms with van der Waals surface area (Å²) in [4.78, 5) is 2.45. The van der Waals surface area contributed by atoms with Crippen LogP contribution in [-0.4, -0.2) is 43.2 Å². The van der Waals surface area contributed by atoms with Gasteiger partial charge < -0.3 is 16.0 Å². The van der Waals surface area contributed by atoms with Crippen LogP contribution in [0.5, 0.6) is 0 Å². The first-order valence-corrected chi connectivity index (χ1v) is 6.49. The summed E-state index contributed by atoms with van der Waals surface area (Å²) in [5, 5.41) is 3.60.